The number of fused-ring (bicyclic) bond motifs is 1. The Hall–Kier alpha value is -2.45. The topological polar surface area (TPSA) is 122 Å². The molecule has 0 radical (unpaired) electrons. The van der Waals surface area contributed by atoms with E-state index in [0.29, 0.717) is 12.8 Å². The Morgan fingerprint density at radius 1 is 1.08 bits per heavy atom. The Balaban J connectivity index is 1.78. The molecule has 24 heavy (non-hydrogen) atoms. The summed E-state index contributed by atoms with van der Waals surface area (Å²) in [7, 11) is 1.43. The van der Waals surface area contributed by atoms with Gasteiger partial charge in [0.05, 0.1) is 18.4 Å². The van der Waals surface area contributed by atoms with Crippen LogP contribution in [0.2, 0.25) is 0 Å². The Morgan fingerprint density at radius 2 is 1.67 bits per heavy atom. The van der Waals surface area contributed by atoms with Crippen molar-refractivity contribution >= 4 is 29.6 Å². The number of amides is 4. The Bertz CT molecular complexity index is 537. The van der Waals surface area contributed by atoms with Crippen LogP contribution < -0.4 is 10.6 Å². The minimum Gasteiger partial charge on any atom is -0.454 e. The van der Waals surface area contributed by atoms with E-state index in [4.69, 9.17) is 4.74 Å². The van der Waals surface area contributed by atoms with Crippen LogP contribution in [0.4, 0.5) is 0 Å². The number of hydrogen-bond acceptors (Lipinski definition) is 6. The SMILES string of the molecule is CNC(=O)CNC(=O)COC(=O)CN1C(=O)[C@H]2CCCC[C@H]2C1=O. The molecule has 0 unspecified atom stereocenters. The molecule has 1 saturated heterocycles. The lowest BCUT2D eigenvalue weighted by Crippen LogP contribution is -2.39. The Kier molecular flexibility index (Phi) is 5.88. The lowest BCUT2D eigenvalue weighted by molar-refractivity contribution is -0.155. The van der Waals surface area contributed by atoms with Crippen LogP contribution in [0.15, 0.2) is 0 Å². The van der Waals surface area contributed by atoms with Crippen LogP contribution in [0, 0.1) is 11.8 Å². The predicted molar refractivity (Wildman–Crippen MR) is 80.2 cm³/mol. The molecule has 1 heterocycles. The summed E-state index contributed by atoms with van der Waals surface area (Å²) in [6, 6.07) is 0. The van der Waals surface area contributed by atoms with Crippen LogP contribution >= 0.6 is 0 Å². The van der Waals surface area contributed by atoms with Crippen molar-refractivity contribution in [2.45, 2.75) is 25.7 Å². The van der Waals surface area contributed by atoms with E-state index >= 15 is 0 Å². The van der Waals surface area contributed by atoms with Gasteiger partial charge in [-0.2, -0.15) is 0 Å². The van der Waals surface area contributed by atoms with Crippen molar-refractivity contribution in [2.24, 2.45) is 11.8 Å². The van der Waals surface area contributed by atoms with Crippen molar-refractivity contribution in [3.8, 4) is 0 Å². The van der Waals surface area contributed by atoms with Gasteiger partial charge in [0.25, 0.3) is 5.91 Å². The summed E-state index contributed by atoms with van der Waals surface area (Å²) in [5.41, 5.74) is 0. The van der Waals surface area contributed by atoms with Crippen LogP contribution in [0.3, 0.4) is 0 Å². The number of likely N-dealkylation sites (N-methyl/N-ethyl adjacent to an activating group) is 1. The fourth-order valence-electron chi connectivity index (χ4n) is 3.03. The van der Waals surface area contributed by atoms with Gasteiger partial charge in [-0.3, -0.25) is 28.9 Å². The van der Waals surface area contributed by atoms with Crippen molar-refractivity contribution < 1.29 is 28.7 Å². The number of nitrogens with zero attached hydrogens (tertiary/aromatic N) is 1. The standard InChI is InChI=1S/C15H21N3O6/c1-16-11(19)6-17-12(20)8-24-13(21)7-18-14(22)9-4-2-3-5-10(9)15(18)23/h9-10H,2-8H2,1H3,(H,16,19)(H,17,20)/t9-,10+. The first kappa shape index (κ1) is 17.9. The summed E-state index contributed by atoms with van der Waals surface area (Å²) in [6.45, 7) is -1.27. The van der Waals surface area contributed by atoms with E-state index < -0.39 is 25.0 Å². The van der Waals surface area contributed by atoms with Gasteiger partial charge >= 0.3 is 5.97 Å². The first-order valence-electron chi connectivity index (χ1n) is 7.92. The maximum absolute atomic E-state index is 12.2. The van der Waals surface area contributed by atoms with E-state index in [1.165, 1.54) is 7.05 Å². The number of hydrogen-bond donors (Lipinski definition) is 2. The molecule has 2 rings (SSSR count). The van der Waals surface area contributed by atoms with Crippen molar-refractivity contribution in [1.29, 1.82) is 0 Å². The summed E-state index contributed by atoms with van der Waals surface area (Å²) in [5.74, 6) is -3.16. The van der Waals surface area contributed by atoms with Crippen molar-refractivity contribution in [1.82, 2.24) is 15.5 Å². The second-order valence-electron chi connectivity index (χ2n) is 5.87. The number of ether oxygens (including phenoxy) is 1. The van der Waals surface area contributed by atoms with E-state index in [-0.39, 0.29) is 36.1 Å². The fourth-order valence-corrected chi connectivity index (χ4v) is 3.03. The zero-order valence-corrected chi connectivity index (χ0v) is 13.5. The van der Waals surface area contributed by atoms with Gasteiger partial charge < -0.3 is 15.4 Å². The van der Waals surface area contributed by atoms with Gasteiger partial charge in [0.1, 0.15) is 6.54 Å². The molecule has 0 aromatic rings. The minimum atomic E-state index is -0.828. The number of likely N-dealkylation sites (tertiary alicyclic amines) is 1. The largest absolute Gasteiger partial charge is 0.454 e. The third-order valence-electron chi connectivity index (χ3n) is 4.31. The highest BCUT2D eigenvalue weighted by Gasteiger charge is 2.48. The third-order valence-corrected chi connectivity index (χ3v) is 4.31. The molecule has 1 aliphatic carbocycles. The second-order valence-corrected chi connectivity index (χ2v) is 5.87. The van der Waals surface area contributed by atoms with Gasteiger partial charge in [-0.1, -0.05) is 12.8 Å². The van der Waals surface area contributed by atoms with Crippen LogP contribution in [0.5, 0.6) is 0 Å². The van der Waals surface area contributed by atoms with Crippen molar-refractivity contribution in [3.05, 3.63) is 0 Å². The zero-order valence-electron chi connectivity index (χ0n) is 13.5. The molecule has 2 aliphatic rings. The molecule has 1 aliphatic heterocycles. The van der Waals surface area contributed by atoms with E-state index in [9.17, 15) is 24.0 Å². The highest BCUT2D eigenvalue weighted by molar-refractivity contribution is 6.07. The summed E-state index contributed by atoms with van der Waals surface area (Å²) in [6.07, 6.45) is 3.15. The zero-order chi connectivity index (χ0) is 17.7. The monoisotopic (exact) mass is 339 g/mol. The highest BCUT2D eigenvalue weighted by atomic mass is 16.5. The Labute approximate surface area is 139 Å². The molecule has 2 atom stereocenters. The molecule has 2 fully saturated rings. The fraction of sp³-hybridized carbons (Fsp3) is 0.667. The number of rotatable bonds is 6. The molecule has 2 N–H and O–H groups in total. The molecular formula is C15H21N3O6. The average Bonchev–Trinajstić information content (AvgIpc) is 2.83. The van der Waals surface area contributed by atoms with Gasteiger partial charge in [0, 0.05) is 7.05 Å². The Morgan fingerprint density at radius 3 is 2.21 bits per heavy atom. The van der Waals surface area contributed by atoms with Gasteiger partial charge in [0.15, 0.2) is 6.61 Å². The quantitative estimate of drug-likeness (QED) is 0.452. The number of carbonyl (C=O) groups excluding carboxylic acids is 5. The summed E-state index contributed by atoms with van der Waals surface area (Å²) < 4.78 is 4.75. The lowest BCUT2D eigenvalue weighted by Gasteiger charge is -2.19. The third kappa shape index (κ3) is 4.09. The van der Waals surface area contributed by atoms with Crippen LogP contribution in [-0.4, -0.2) is 61.2 Å². The number of imide groups is 1. The first-order valence-corrected chi connectivity index (χ1v) is 7.92. The van der Waals surface area contributed by atoms with Crippen molar-refractivity contribution in [2.75, 3.05) is 26.7 Å². The maximum Gasteiger partial charge on any atom is 0.326 e. The molecule has 0 aromatic heterocycles. The van der Waals surface area contributed by atoms with Gasteiger partial charge in [-0.15, -0.1) is 0 Å². The average molecular weight is 339 g/mol. The molecule has 9 nitrogen and oxygen atoms in total. The predicted octanol–water partition coefficient (Wildman–Crippen LogP) is -1.43. The van der Waals surface area contributed by atoms with Gasteiger partial charge in [-0.05, 0) is 12.8 Å². The molecule has 4 amide bonds. The minimum absolute atomic E-state index is 0.223. The molecule has 9 heteroatoms. The number of nitrogens with one attached hydrogen (secondary N) is 2. The van der Waals surface area contributed by atoms with Gasteiger partial charge in [-0.25, -0.2) is 0 Å². The van der Waals surface area contributed by atoms with E-state index in [0.717, 1.165) is 17.7 Å². The van der Waals surface area contributed by atoms with Crippen LogP contribution in [0.25, 0.3) is 0 Å². The molecule has 132 valence electrons. The normalized spacial score (nSPS) is 22.8. The summed E-state index contributed by atoms with van der Waals surface area (Å²) in [5, 5.41) is 4.59. The lowest BCUT2D eigenvalue weighted by atomic mass is 9.81. The molecule has 0 bridgehead atoms. The first-order chi connectivity index (χ1) is 11.4. The molecular weight excluding hydrogens is 318 g/mol. The van der Waals surface area contributed by atoms with Crippen molar-refractivity contribution in [3.63, 3.8) is 0 Å². The molecule has 1 saturated carbocycles. The highest BCUT2D eigenvalue weighted by Crippen LogP contribution is 2.37. The van der Waals surface area contributed by atoms with E-state index in [2.05, 4.69) is 10.6 Å². The van der Waals surface area contributed by atoms with E-state index in [1.54, 1.807) is 0 Å². The molecule has 0 aromatic carbocycles. The van der Waals surface area contributed by atoms with Gasteiger partial charge in [0.2, 0.25) is 17.7 Å². The summed E-state index contributed by atoms with van der Waals surface area (Å²) in [4.78, 5) is 59.5. The van der Waals surface area contributed by atoms with Crippen LogP contribution in [-0.2, 0) is 28.7 Å². The maximum atomic E-state index is 12.2. The second kappa shape index (κ2) is 7.89. The smallest absolute Gasteiger partial charge is 0.326 e. The summed E-state index contributed by atoms with van der Waals surface area (Å²) >= 11 is 0. The number of esters is 1. The van der Waals surface area contributed by atoms with E-state index in [1.807, 2.05) is 0 Å². The number of carbonyl (C=O) groups is 5. The molecule has 0 spiro atoms. The van der Waals surface area contributed by atoms with Crippen LogP contribution in [0.1, 0.15) is 25.7 Å².